The average Bonchev–Trinajstić information content (AvgIpc) is 2.21. The molecule has 1 fully saturated rings. The van der Waals surface area contributed by atoms with Gasteiger partial charge in [0.15, 0.2) is 0 Å². The fraction of sp³-hybridized carbons (Fsp3) is 0.500. The van der Waals surface area contributed by atoms with Gasteiger partial charge >= 0.3 is 0 Å². The summed E-state index contributed by atoms with van der Waals surface area (Å²) in [7, 11) is 0. The van der Waals surface area contributed by atoms with Gasteiger partial charge in [0.1, 0.15) is 0 Å². The van der Waals surface area contributed by atoms with Crippen molar-refractivity contribution in [1.29, 1.82) is 0 Å². The summed E-state index contributed by atoms with van der Waals surface area (Å²) < 4.78 is 5.31. The van der Waals surface area contributed by atoms with E-state index in [-0.39, 0.29) is 0 Å². The number of pyridine rings is 1. The minimum Gasteiger partial charge on any atom is -0.381 e. The van der Waals surface area contributed by atoms with Crippen molar-refractivity contribution in [2.45, 2.75) is 23.0 Å². The third kappa shape index (κ3) is 2.71. The summed E-state index contributed by atoms with van der Waals surface area (Å²) in [5, 5.41) is 0.733. The number of aromatic nitrogens is 1. The second-order valence-corrected chi connectivity index (χ2v) is 4.49. The van der Waals surface area contributed by atoms with Gasteiger partial charge in [-0.05, 0) is 25.0 Å². The van der Waals surface area contributed by atoms with Crippen molar-refractivity contribution < 1.29 is 4.74 Å². The van der Waals surface area contributed by atoms with Crippen LogP contribution < -0.4 is 0 Å². The highest BCUT2D eigenvalue weighted by Gasteiger charge is 2.14. The van der Waals surface area contributed by atoms with E-state index in [0.29, 0.717) is 0 Å². The normalized spacial score (nSPS) is 18.8. The van der Waals surface area contributed by atoms with Crippen LogP contribution in [0.4, 0.5) is 0 Å². The number of hydrogen-bond acceptors (Lipinski definition) is 3. The predicted molar refractivity (Wildman–Crippen MR) is 53.9 cm³/mol. The molecule has 0 saturated carbocycles. The molecule has 70 valence electrons. The van der Waals surface area contributed by atoms with Gasteiger partial charge in [0.25, 0.3) is 0 Å². The predicted octanol–water partition coefficient (Wildman–Crippen LogP) is 2.35. The van der Waals surface area contributed by atoms with E-state index in [4.69, 9.17) is 4.74 Å². The first-order chi connectivity index (χ1) is 6.45. The van der Waals surface area contributed by atoms with Crippen molar-refractivity contribution >= 4 is 11.8 Å². The second kappa shape index (κ2) is 4.63. The molecule has 2 heterocycles. The van der Waals surface area contributed by atoms with Crippen molar-refractivity contribution in [2.24, 2.45) is 0 Å². The number of thioether (sulfide) groups is 1. The zero-order valence-corrected chi connectivity index (χ0v) is 8.30. The quantitative estimate of drug-likeness (QED) is 0.723. The van der Waals surface area contributed by atoms with Crippen LogP contribution in [0.15, 0.2) is 29.4 Å². The fourth-order valence-corrected chi connectivity index (χ4v) is 2.49. The Balaban J connectivity index is 1.90. The summed E-state index contributed by atoms with van der Waals surface area (Å²) in [6.07, 6.45) is 6.04. The van der Waals surface area contributed by atoms with Gasteiger partial charge < -0.3 is 4.74 Å². The third-order valence-electron chi connectivity index (χ3n) is 2.12. The maximum absolute atomic E-state index is 5.31. The van der Waals surface area contributed by atoms with Gasteiger partial charge in [0.2, 0.25) is 0 Å². The van der Waals surface area contributed by atoms with E-state index in [9.17, 15) is 0 Å². The van der Waals surface area contributed by atoms with Crippen molar-refractivity contribution in [3.05, 3.63) is 24.5 Å². The molecule has 3 heteroatoms. The summed E-state index contributed by atoms with van der Waals surface area (Å²) >= 11 is 1.94. The lowest BCUT2D eigenvalue weighted by Crippen LogP contribution is -2.17. The van der Waals surface area contributed by atoms with Gasteiger partial charge in [-0.1, -0.05) is 0 Å². The molecule has 1 aromatic rings. The Labute approximate surface area is 82.7 Å². The number of ether oxygens (including phenoxy) is 1. The molecular weight excluding hydrogens is 182 g/mol. The van der Waals surface area contributed by atoms with Crippen LogP contribution in [0.25, 0.3) is 0 Å². The molecule has 2 nitrogen and oxygen atoms in total. The molecule has 0 bridgehead atoms. The summed E-state index contributed by atoms with van der Waals surface area (Å²) in [4.78, 5) is 5.32. The van der Waals surface area contributed by atoms with Gasteiger partial charge in [-0.3, -0.25) is 4.98 Å². The maximum Gasteiger partial charge on any atom is 0.0476 e. The summed E-state index contributed by atoms with van der Waals surface area (Å²) in [6.45, 7) is 1.84. The van der Waals surface area contributed by atoms with E-state index in [1.807, 2.05) is 24.2 Å². The molecule has 1 aliphatic rings. The minimum absolute atomic E-state index is 0.733. The van der Waals surface area contributed by atoms with E-state index in [0.717, 1.165) is 18.5 Å². The molecule has 0 spiro atoms. The van der Waals surface area contributed by atoms with E-state index in [1.54, 1.807) is 0 Å². The van der Waals surface area contributed by atoms with Crippen molar-refractivity contribution in [3.63, 3.8) is 0 Å². The lowest BCUT2D eigenvalue weighted by molar-refractivity contribution is 0.100. The lowest BCUT2D eigenvalue weighted by Gasteiger charge is -2.21. The molecular formula is C10H13NOS. The molecule has 0 aliphatic carbocycles. The molecule has 13 heavy (non-hydrogen) atoms. The molecule has 1 saturated heterocycles. The Hall–Kier alpha value is -0.540. The van der Waals surface area contributed by atoms with Crippen LogP contribution in [0.1, 0.15) is 12.8 Å². The molecule has 0 atom stereocenters. The summed E-state index contributed by atoms with van der Waals surface area (Å²) in [5.74, 6) is 0. The van der Waals surface area contributed by atoms with Crippen molar-refractivity contribution in [1.82, 2.24) is 4.98 Å². The number of nitrogens with zero attached hydrogens (tertiary/aromatic N) is 1. The minimum atomic E-state index is 0.733. The first kappa shape index (κ1) is 9.03. The maximum atomic E-state index is 5.31. The van der Waals surface area contributed by atoms with Crippen LogP contribution in [0.5, 0.6) is 0 Å². The first-order valence-corrected chi connectivity index (χ1v) is 5.47. The molecule has 1 aliphatic heterocycles. The lowest BCUT2D eigenvalue weighted by atomic mass is 10.2. The second-order valence-electron chi connectivity index (χ2n) is 3.11. The van der Waals surface area contributed by atoms with Gasteiger partial charge in [-0.25, -0.2) is 0 Å². The standard InChI is InChI=1S/C10H13NOS/c1-5-11-6-2-9(1)13-10-3-7-12-8-4-10/h1-2,5-6,10H,3-4,7-8H2. The Bertz CT molecular complexity index is 246. The fourth-order valence-electron chi connectivity index (χ4n) is 1.40. The van der Waals surface area contributed by atoms with Crippen LogP contribution in [0.3, 0.4) is 0 Å². The van der Waals surface area contributed by atoms with Gasteiger partial charge in [-0.2, -0.15) is 0 Å². The van der Waals surface area contributed by atoms with Gasteiger partial charge in [0.05, 0.1) is 0 Å². The average molecular weight is 195 g/mol. The highest BCUT2D eigenvalue weighted by molar-refractivity contribution is 8.00. The number of rotatable bonds is 2. The van der Waals surface area contributed by atoms with Crippen LogP contribution in [-0.4, -0.2) is 23.4 Å². The Morgan fingerprint density at radius 3 is 2.62 bits per heavy atom. The van der Waals surface area contributed by atoms with Gasteiger partial charge in [-0.15, -0.1) is 11.8 Å². The summed E-state index contributed by atoms with van der Waals surface area (Å²) in [6, 6.07) is 4.14. The molecule has 0 N–H and O–H groups in total. The largest absolute Gasteiger partial charge is 0.381 e. The van der Waals surface area contributed by atoms with E-state index >= 15 is 0 Å². The van der Waals surface area contributed by atoms with Crippen LogP contribution in [0.2, 0.25) is 0 Å². The SMILES string of the molecule is c1cc(SC2CCOCC2)ccn1. The first-order valence-electron chi connectivity index (χ1n) is 4.59. The molecule has 2 rings (SSSR count). The number of hydrogen-bond donors (Lipinski definition) is 0. The van der Waals surface area contributed by atoms with Crippen LogP contribution in [0, 0.1) is 0 Å². The van der Waals surface area contributed by atoms with Crippen LogP contribution >= 0.6 is 11.8 Å². The van der Waals surface area contributed by atoms with E-state index < -0.39 is 0 Å². The highest BCUT2D eigenvalue weighted by atomic mass is 32.2. The Morgan fingerprint density at radius 1 is 1.23 bits per heavy atom. The monoisotopic (exact) mass is 195 g/mol. The molecule has 0 amide bonds. The highest BCUT2D eigenvalue weighted by Crippen LogP contribution is 2.28. The third-order valence-corrected chi connectivity index (χ3v) is 3.47. The van der Waals surface area contributed by atoms with Crippen molar-refractivity contribution in [2.75, 3.05) is 13.2 Å². The molecule has 1 aromatic heterocycles. The van der Waals surface area contributed by atoms with Crippen molar-refractivity contribution in [3.8, 4) is 0 Å². The zero-order chi connectivity index (χ0) is 8.93. The van der Waals surface area contributed by atoms with E-state index in [2.05, 4.69) is 17.1 Å². The molecule has 0 radical (unpaired) electrons. The van der Waals surface area contributed by atoms with E-state index in [1.165, 1.54) is 17.7 Å². The van der Waals surface area contributed by atoms with Crippen LogP contribution in [-0.2, 0) is 4.74 Å². The molecule has 0 unspecified atom stereocenters. The zero-order valence-electron chi connectivity index (χ0n) is 7.48. The van der Waals surface area contributed by atoms with Gasteiger partial charge in [0, 0.05) is 35.8 Å². The molecule has 0 aromatic carbocycles. The smallest absolute Gasteiger partial charge is 0.0476 e. The summed E-state index contributed by atoms with van der Waals surface area (Å²) in [5.41, 5.74) is 0. The topological polar surface area (TPSA) is 22.1 Å². The Kier molecular flexibility index (Phi) is 3.22. The Morgan fingerprint density at radius 2 is 1.92 bits per heavy atom.